The second-order valence-electron chi connectivity index (χ2n) is 6.74. The number of hydrogen-bond acceptors (Lipinski definition) is 5. The molecule has 1 amide bonds. The van der Waals surface area contributed by atoms with Gasteiger partial charge < -0.3 is 14.7 Å². The fourth-order valence-electron chi connectivity index (χ4n) is 3.09. The first-order chi connectivity index (χ1) is 12.0. The Kier molecular flexibility index (Phi) is 4.88. The van der Waals surface area contributed by atoms with Gasteiger partial charge in [0, 0.05) is 45.8 Å². The monoisotopic (exact) mass is 339 g/mol. The molecule has 0 atom stereocenters. The number of anilines is 2. The summed E-state index contributed by atoms with van der Waals surface area (Å²) in [6.07, 6.45) is 0. The maximum absolute atomic E-state index is 12.8. The van der Waals surface area contributed by atoms with Gasteiger partial charge in [0.2, 0.25) is 0 Å². The van der Waals surface area contributed by atoms with Crippen LogP contribution in [0.5, 0.6) is 0 Å². The van der Waals surface area contributed by atoms with Gasteiger partial charge in [-0.2, -0.15) is 0 Å². The van der Waals surface area contributed by atoms with Crippen molar-refractivity contribution in [3.63, 3.8) is 0 Å². The topological polar surface area (TPSA) is 52.6 Å². The van der Waals surface area contributed by atoms with E-state index in [-0.39, 0.29) is 5.91 Å². The van der Waals surface area contributed by atoms with E-state index in [2.05, 4.69) is 21.2 Å². The summed E-state index contributed by atoms with van der Waals surface area (Å²) >= 11 is 0. The second-order valence-corrected chi connectivity index (χ2v) is 6.74. The molecule has 0 unspecified atom stereocenters. The highest BCUT2D eigenvalue weighted by atomic mass is 16.2. The van der Waals surface area contributed by atoms with Crippen LogP contribution in [-0.2, 0) is 0 Å². The Morgan fingerprint density at radius 3 is 2.28 bits per heavy atom. The molecule has 0 bridgehead atoms. The zero-order chi connectivity index (χ0) is 18.0. The van der Waals surface area contributed by atoms with Gasteiger partial charge in [-0.15, -0.1) is 10.2 Å². The number of piperazine rings is 1. The highest BCUT2D eigenvalue weighted by Crippen LogP contribution is 2.18. The van der Waals surface area contributed by atoms with E-state index >= 15 is 0 Å². The first-order valence-electron chi connectivity index (χ1n) is 8.58. The largest absolute Gasteiger partial charge is 0.361 e. The molecule has 0 saturated carbocycles. The molecule has 6 nitrogen and oxygen atoms in total. The molecule has 1 aliphatic rings. The van der Waals surface area contributed by atoms with Crippen LogP contribution in [-0.4, -0.2) is 61.3 Å². The smallest absolute Gasteiger partial charge is 0.254 e. The number of aromatic nitrogens is 2. The van der Waals surface area contributed by atoms with Crippen LogP contribution in [0.4, 0.5) is 11.6 Å². The number of hydrogen-bond donors (Lipinski definition) is 0. The van der Waals surface area contributed by atoms with Crippen molar-refractivity contribution in [2.75, 3.05) is 50.1 Å². The molecule has 2 aromatic rings. The molecule has 1 fully saturated rings. The summed E-state index contributed by atoms with van der Waals surface area (Å²) in [5.41, 5.74) is 3.02. The average molecular weight is 339 g/mol. The van der Waals surface area contributed by atoms with E-state index in [1.165, 1.54) is 5.56 Å². The van der Waals surface area contributed by atoms with Crippen LogP contribution in [0.3, 0.4) is 0 Å². The molecule has 0 radical (unpaired) electrons. The summed E-state index contributed by atoms with van der Waals surface area (Å²) in [4.78, 5) is 18.8. The number of aryl methyl sites for hydroxylation is 2. The van der Waals surface area contributed by atoms with Crippen molar-refractivity contribution < 1.29 is 4.79 Å². The van der Waals surface area contributed by atoms with Gasteiger partial charge in [-0.25, -0.2) is 0 Å². The maximum atomic E-state index is 12.8. The second kappa shape index (κ2) is 7.09. The Morgan fingerprint density at radius 1 is 1.00 bits per heavy atom. The molecule has 132 valence electrons. The predicted molar refractivity (Wildman–Crippen MR) is 100 cm³/mol. The van der Waals surface area contributed by atoms with E-state index < -0.39 is 0 Å². The van der Waals surface area contributed by atoms with Crippen LogP contribution < -0.4 is 9.80 Å². The quantitative estimate of drug-likeness (QED) is 0.857. The van der Waals surface area contributed by atoms with E-state index in [0.29, 0.717) is 13.1 Å². The third-order valence-corrected chi connectivity index (χ3v) is 4.60. The van der Waals surface area contributed by atoms with Gasteiger partial charge in [-0.05, 0) is 37.6 Å². The van der Waals surface area contributed by atoms with E-state index in [1.807, 2.05) is 62.0 Å². The number of rotatable bonds is 3. The van der Waals surface area contributed by atoms with Crippen molar-refractivity contribution in [1.29, 1.82) is 0 Å². The first-order valence-corrected chi connectivity index (χ1v) is 8.58. The highest BCUT2D eigenvalue weighted by molar-refractivity contribution is 5.95. The van der Waals surface area contributed by atoms with Crippen molar-refractivity contribution in [2.45, 2.75) is 13.8 Å². The third kappa shape index (κ3) is 3.73. The minimum Gasteiger partial charge on any atom is -0.361 e. The zero-order valence-electron chi connectivity index (χ0n) is 15.4. The number of amides is 1. The Hall–Kier alpha value is -2.63. The third-order valence-electron chi connectivity index (χ3n) is 4.60. The standard InChI is InChI=1S/C19H25N5O/c1-14-5-6-16(15(2)13-14)19(25)24-11-9-23(10-12-24)18-8-7-17(20-21-18)22(3)4/h5-8,13H,9-12H2,1-4H3. The summed E-state index contributed by atoms with van der Waals surface area (Å²) in [7, 11) is 3.89. The van der Waals surface area contributed by atoms with Crippen molar-refractivity contribution in [3.05, 3.63) is 47.0 Å². The molecule has 0 N–H and O–H groups in total. The van der Waals surface area contributed by atoms with Crippen molar-refractivity contribution in [2.24, 2.45) is 0 Å². The molecular formula is C19H25N5O. The predicted octanol–water partition coefficient (Wildman–Crippen LogP) is 2.12. The van der Waals surface area contributed by atoms with Gasteiger partial charge in [0.05, 0.1) is 0 Å². The number of carbonyl (C=O) groups excluding carboxylic acids is 1. The van der Waals surface area contributed by atoms with E-state index in [0.717, 1.165) is 35.9 Å². The molecule has 2 heterocycles. The maximum Gasteiger partial charge on any atom is 0.254 e. The summed E-state index contributed by atoms with van der Waals surface area (Å²) in [6.45, 7) is 6.98. The molecule has 6 heteroatoms. The fraction of sp³-hybridized carbons (Fsp3) is 0.421. The van der Waals surface area contributed by atoms with E-state index in [9.17, 15) is 4.79 Å². The minimum absolute atomic E-state index is 0.117. The SMILES string of the molecule is Cc1ccc(C(=O)N2CCN(c3ccc(N(C)C)nn3)CC2)c(C)c1. The van der Waals surface area contributed by atoms with Crippen LogP contribution in [0, 0.1) is 13.8 Å². The lowest BCUT2D eigenvalue weighted by Gasteiger charge is -2.35. The molecule has 25 heavy (non-hydrogen) atoms. The molecule has 0 spiro atoms. The minimum atomic E-state index is 0.117. The van der Waals surface area contributed by atoms with Crippen molar-refractivity contribution >= 4 is 17.5 Å². The van der Waals surface area contributed by atoms with Gasteiger partial charge in [0.15, 0.2) is 11.6 Å². The Morgan fingerprint density at radius 2 is 1.72 bits per heavy atom. The first kappa shape index (κ1) is 17.2. The van der Waals surface area contributed by atoms with Gasteiger partial charge in [-0.1, -0.05) is 17.7 Å². The molecule has 1 aliphatic heterocycles. The average Bonchev–Trinajstić information content (AvgIpc) is 2.61. The lowest BCUT2D eigenvalue weighted by Crippen LogP contribution is -2.49. The Balaban J connectivity index is 1.64. The van der Waals surface area contributed by atoms with Crippen LogP contribution in [0.25, 0.3) is 0 Å². The van der Waals surface area contributed by atoms with Crippen molar-refractivity contribution in [1.82, 2.24) is 15.1 Å². The highest BCUT2D eigenvalue weighted by Gasteiger charge is 2.24. The van der Waals surface area contributed by atoms with E-state index in [4.69, 9.17) is 0 Å². The molecule has 1 saturated heterocycles. The normalized spacial score (nSPS) is 14.6. The molecule has 3 rings (SSSR count). The van der Waals surface area contributed by atoms with Crippen LogP contribution >= 0.6 is 0 Å². The molecule has 1 aromatic carbocycles. The fourth-order valence-corrected chi connectivity index (χ4v) is 3.09. The van der Waals surface area contributed by atoms with E-state index in [1.54, 1.807) is 0 Å². The lowest BCUT2D eigenvalue weighted by atomic mass is 10.0. The van der Waals surface area contributed by atoms with Crippen LogP contribution in [0.15, 0.2) is 30.3 Å². The number of nitrogens with zero attached hydrogens (tertiary/aromatic N) is 5. The summed E-state index contributed by atoms with van der Waals surface area (Å²) in [6, 6.07) is 9.95. The number of carbonyl (C=O) groups is 1. The van der Waals surface area contributed by atoms with Gasteiger partial charge in [0.1, 0.15) is 0 Å². The Bertz CT molecular complexity index is 749. The van der Waals surface area contributed by atoms with Crippen LogP contribution in [0.1, 0.15) is 21.5 Å². The summed E-state index contributed by atoms with van der Waals surface area (Å²) < 4.78 is 0. The molecule has 1 aromatic heterocycles. The molecular weight excluding hydrogens is 314 g/mol. The Labute approximate surface area is 149 Å². The number of benzene rings is 1. The summed E-state index contributed by atoms with van der Waals surface area (Å²) in [5.74, 6) is 1.82. The van der Waals surface area contributed by atoms with Gasteiger partial charge in [0.25, 0.3) is 5.91 Å². The van der Waals surface area contributed by atoms with Crippen molar-refractivity contribution in [3.8, 4) is 0 Å². The summed E-state index contributed by atoms with van der Waals surface area (Å²) in [5, 5.41) is 8.53. The molecule has 0 aliphatic carbocycles. The van der Waals surface area contributed by atoms with Gasteiger partial charge in [-0.3, -0.25) is 4.79 Å². The zero-order valence-corrected chi connectivity index (χ0v) is 15.4. The van der Waals surface area contributed by atoms with Gasteiger partial charge >= 0.3 is 0 Å². The lowest BCUT2D eigenvalue weighted by molar-refractivity contribution is 0.0745. The van der Waals surface area contributed by atoms with Crippen LogP contribution in [0.2, 0.25) is 0 Å².